The van der Waals surface area contributed by atoms with Crippen molar-refractivity contribution in [3.63, 3.8) is 0 Å². The molecule has 0 aliphatic carbocycles. The second kappa shape index (κ2) is 5.32. The molecule has 1 aliphatic heterocycles. The van der Waals surface area contributed by atoms with Crippen molar-refractivity contribution in [3.05, 3.63) is 12.4 Å². The smallest absolute Gasteiger partial charge is 0.0719 e. The lowest BCUT2D eigenvalue weighted by Gasteiger charge is -2.30. The second-order valence-electron chi connectivity index (χ2n) is 4.31. The van der Waals surface area contributed by atoms with Gasteiger partial charge < -0.3 is 15.4 Å². The van der Waals surface area contributed by atoms with Gasteiger partial charge in [-0.15, -0.1) is 0 Å². The lowest BCUT2D eigenvalue weighted by Crippen LogP contribution is -2.38. The van der Waals surface area contributed by atoms with E-state index in [2.05, 4.69) is 10.00 Å². The van der Waals surface area contributed by atoms with Crippen molar-refractivity contribution in [2.75, 3.05) is 32.5 Å². The average molecular weight is 224 g/mol. The summed E-state index contributed by atoms with van der Waals surface area (Å²) in [5.74, 6) is 0. The van der Waals surface area contributed by atoms with Crippen molar-refractivity contribution in [1.82, 2.24) is 14.7 Å². The minimum Gasteiger partial charge on any atom is -0.396 e. The molecule has 2 heterocycles. The number of nitrogen functional groups attached to an aromatic ring is 1. The summed E-state index contributed by atoms with van der Waals surface area (Å²) in [6.07, 6.45) is 6.30. The summed E-state index contributed by atoms with van der Waals surface area (Å²) in [5.41, 5.74) is 6.34. The number of methoxy groups -OCH3 is 1. The van der Waals surface area contributed by atoms with Crippen LogP contribution in [0.2, 0.25) is 0 Å². The molecule has 0 radical (unpaired) electrons. The molecular formula is C11H20N4O. The maximum absolute atomic E-state index is 5.61. The SMILES string of the molecule is COC1CCN(CCn2cc(N)cn2)CC1. The number of ether oxygens (including phenoxy) is 1. The maximum Gasteiger partial charge on any atom is 0.0719 e. The van der Waals surface area contributed by atoms with Gasteiger partial charge in [-0.05, 0) is 12.8 Å². The molecule has 0 bridgehead atoms. The van der Waals surface area contributed by atoms with Crippen LogP contribution >= 0.6 is 0 Å². The molecule has 5 nitrogen and oxygen atoms in total. The molecule has 0 unspecified atom stereocenters. The normalized spacial score (nSPS) is 19.1. The highest BCUT2D eigenvalue weighted by Crippen LogP contribution is 2.12. The Morgan fingerprint density at radius 2 is 2.19 bits per heavy atom. The molecule has 16 heavy (non-hydrogen) atoms. The van der Waals surface area contributed by atoms with E-state index in [1.165, 1.54) is 0 Å². The van der Waals surface area contributed by atoms with Crippen LogP contribution in [0.1, 0.15) is 12.8 Å². The molecule has 1 aliphatic rings. The van der Waals surface area contributed by atoms with Gasteiger partial charge in [0, 0.05) is 32.9 Å². The first-order chi connectivity index (χ1) is 7.78. The predicted molar refractivity (Wildman–Crippen MR) is 63.1 cm³/mol. The Morgan fingerprint density at radius 3 is 2.75 bits per heavy atom. The number of piperidine rings is 1. The van der Waals surface area contributed by atoms with E-state index < -0.39 is 0 Å². The van der Waals surface area contributed by atoms with Gasteiger partial charge in [-0.25, -0.2) is 0 Å². The summed E-state index contributed by atoms with van der Waals surface area (Å²) in [6.45, 7) is 4.19. The van der Waals surface area contributed by atoms with Gasteiger partial charge in [-0.3, -0.25) is 4.68 Å². The maximum atomic E-state index is 5.61. The molecular weight excluding hydrogens is 204 g/mol. The van der Waals surface area contributed by atoms with E-state index in [4.69, 9.17) is 10.5 Å². The molecule has 1 aromatic heterocycles. The highest BCUT2D eigenvalue weighted by molar-refractivity contribution is 5.30. The number of aromatic nitrogens is 2. The largest absolute Gasteiger partial charge is 0.396 e. The molecule has 0 atom stereocenters. The van der Waals surface area contributed by atoms with Gasteiger partial charge in [0.1, 0.15) is 0 Å². The standard InChI is InChI=1S/C11H20N4O/c1-16-11-2-4-14(5-3-11)6-7-15-9-10(12)8-13-15/h8-9,11H,2-7,12H2,1H3. The second-order valence-corrected chi connectivity index (χ2v) is 4.31. The zero-order valence-electron chi connectivity index (χ0n) is 9.80. The van der Waals surface area contributed by atoms with E-state index in [0.29, 0.717) is 6.10 Å². The van der Waals surface area contributed by atoms with E-state index in [-0.39, 0.29) is 0 Å². The van der Waals surface area contributed by atoms with Crippen molar-refractivity contribution < 1.29 is 4.74 Å². The topological polar surface area (TPSA) is 56.3 Å². The molecule has 2 rings (SSSR count). The Balaban J connectivity index is 1.71. The van der Waals surface area contributed by atoms with Crippen LogP contribution in [0.25, 0.3) is 0 Å². The fourth-order valence-corrected chi connectivity index (χ4v) is 2.11. The van der Waals surface area contributed by atoms with Crippen LogP contribution in [-0.4, -0.2) is 47.5 Å². The van der Waals surface area contributed by atoms with Crippen LogP contribution in [0.4, 0.5) is 5.69 Å². The van der Waals surface area contributed by atoms with Crippen LogP contribution in [-0.2, 0) is 11.3 Å². The zero-order valence-corrected chi connectivity index (χ0v) is 9.80. The predicted octanol–water partition coefficient (Wildman–Crippen LogP) is 0.576. The fraction of sp³-hybridized carbons (Fsp3) is 0.727. The van der Waals surface area contributed by atoms with Gasteiger partial charge in [-0.2, -0.15) is 5.10 Å². The monoisotopic (exact) mass is 224 g/mol. The summed E-state index contributed by atoms with van der Waals surface area (Å²) in [7, 11) is 1.80. The number of likely N-dealkylation sites (tertiary alicyclic amines) is 1. The highest BCUT2D eigenvalue weighted by Gasteiger charge is 2.17. The van der Waals surface area contributed by atoms with E-state index in [9.17, 15) is 0 Å². The molecule has 0 saturated carbocycles. The number of anilines is 1. The number of nitrogens with zero attached hydrogens (tertiary/aromatic N) is 3. The molecule has 2 N–H and O–H groups in total. The van der Waals surface area contributed by atoms with Crippen LogP contribution < -0.4 is 5.73 Å². The molecule has 0 spiro atoms. The van der Waals surface area contributed by atoms with Gasteiger partial charge in [0.15, 0.2) is 0 Å². The fourth-order valence-electron chi connectivity index (χ4n) is 2.11. The summed E-state index contributed by atoms with van der Waals surface area (Å²) in [6, 6.07) is 0. The molecule has 5 heteroatoms. The minimum absolute atomic E-state index is 0.455. The van der Waals surface area contributed by atoms with Crippen LogP contribution in [0.3, 0.4) is 0 Å². The first-order valence-electron chi connectivity index (χ1n) is 5.81. The summed E-state index contributed by atoms with van der Waals surface area (Å²) < 4.78 is 7.25. The number of rotatable bonds is 4. The quantitative estimate of drug-likeness (QED) is 0.812. The third kappa shape index (κ3) is 2.96. The van der Waals surface area contributed by atoms with Crippen LogP contribution in [0.15, 0.2) is 12.4 Å². The highest BCUT2D eigenvalue weighted by atomic mass is 16.5. The van der Waals surface area contributed by atoms with E-state index in [0.717, 1.165) is 44.7 Å². The summed E-state index contributed by atoms with van der Waals surface area (Å²) >= 11 is 0. The van der Waals surface area contributed by atoms with E-state index >= 15 is 0 Å². The number of hydrogen-bond donors (Lipinski definition) is 1. The third-order valence-electron chi connectivity index (χ3n) is 3.17. The Kier molecular flexibility index (Phi) is 3.79. The third-order valence-corrected chi connectivity index (χ3v) is 3.17. The molecule has 0 aromatic carbocycles. The summed E-state index contributed by atoms with van der Waals surface area (Å²) in [4.78, 5) is 2.45. The zero-order chi connectivity index (χ0) is 11.4. The van der Waals surface area contributed by atoms with Crippen LogP contribution in [0.5, 0.6) is 0 Å². The molecule has 90 valence electrons. The van der Waals surface area contributed by atoms with Crippen molar-refractivity contribution in [3.8, 4) is 0 Å². The van der Waals surface area contributed by atoms with E-state index in [1.54, 1.807) is 13.3 Å². The van der Waals surface area contributed by atoms with Gasteiger partial charge in [0.2, 0.25) is 0 Å². The Bertz CT molecular complexity index is 318. The molecule has 1 fully saturated rings. The van der Waals surface area contributed by atoms with Gasteiger partial charge in [0.25, 0.3) is 0 Å². The van der Waals surface area contributed by atoms with Crippen molar-refractivity contribution in [2.24, 2.45) is 0 Å². The van der Waals surface area contributed by atoms with Gasteiger partial charge in [-0.1, -0.05) is 0 Å². The Morgan fingerprint density at radius 1 is 1.44 bits per heavy atom. The van der Waals surface area contributed by atoms with Crippen LogP contribution in [0, 0.1) is 0 Å². The Labute approximate surface area is 96.2 Å². The lowest BCUT2D eigenvalue weighted by molar-refractivity contribution is 0.0400. The minimum atomic E-state index is 0.455. The van der Waals surface area contributed by atoms with Crippen molar-refractivity contribution in [2.45, 2.75) is 25.5 Å². The van der Waals surface area contributed by atoms with Crippen molar-refractivity contribution >= 4 is 5.69 Å². The Hall–Kier alpha value is -1.07. The molecule has 1 aromatic rings. The van der Waals surface area contributed by atoms with Gasteiger partial charge >= 0.3 is 0 Å². The first-order valence-corrected chi connectivity index (χ1v) is 5.81. The van der Waals surface area contributed by atoms with Crippen molar-refractivity contribution in [1.29, 1.82) is 0 Å². The average Bonchev–Trinajstić information content (AvgIpc) is 2.73. The molecule has 1 saturated heterocycles. The number of nitrogens with two attached hydrogens (primary N) is 1. The number of hydrogen-bond acceptors (Lipinski definition) is 4. The molecule has 0 amide bonds. The lowest BCUT2D eigenvalue weighted by atomic mass is 10.1. The summed E-state index contributed by atoms with van der Waals surface area (Å²) in [5, 5.41) is 4.17. The van der Waals surface area contributed by atoms with Gasteiger partial charge in [0.05, 0.1) is 24.5 Å². The van der Waals surface area contributed by atoms with E-state index in [1.807, 2.05) is 10.9 Å². The first kappa shape index (κ1) is 11.4.